The Morgan fingerprint density at radius 1 is 1.19 bits per heavy atom. The van der Waals surface area contributed by atoms with E-state index in [0.29, 0.717) is 11.5 Å². The number of hydrogen-bond donors (Lipinski definition) is 1. The highest BCUT2D eigenvalue weighted by Crippen LogP contribution is 2.20. The van der Waals surface area contributed by atoms with Gasteiger partial charge >= 0.3 is 5.88 Å². The highest BCUT2D eigenvalue weighted by molar-refractivity contribution is 5.84. The van der Waals surface area contributed by atoms with Crippen molar-refractivity contribution in [3.8, 4) is 5.75 Å². The summed E-state index contributed by atoms with van der Waals surface area (Å²) in [6.07, 6.45) is 4.28. The zero-order chi connectivity index (χ0) is 19.1. The molecule has 8 nitrogen and oxygen atoms in total. The third-order valence-electron chi connectivity index (χ3n) is 3.49. The quantitative estimate of drug-likeness (QED) is 0.391. The van der Waals surface area contributed by atoms with Gasteiger partial charge in [-0.25, -0.2) is 5.43 Å². The minimum atomic E-state index is -0.624. The molecular formula is C19H15N3O5. The molecule has 0 fully saturated rings. The fourth-order valence-corrected chi connectivity index (χ4v) is 2.26. The number of rotatable bonds is 7. The lowest BCUT2D eigenvalue weighted by Crippen LogP contribution is -2.24. The van der Waals surface area contributed by atoms with Crippen molar-refractivity contribution < 1.29 is 18.9 Å². The molecule has 3 rings (SSSR count). The van der Waals surface area contributed by atoms with E-state index >= 15 is 0 Å². The highest BCUT2D eigenvalue weighted by atomic mass is 16.6. The number of hydrogen-bond acceptors (Lipinski definition) is 6. The molecular weight excluding hydrogens is 350 g/mol. The van der Waals surface area contributed by atoms with Crippen molar-refractivity contribution in [3.63, 3.8) is 0 Å². The minimum Gasteiger partial charge on any atom is -0.484 e. The molecule has 2 aromatic carbocycles. The Bertz CT molecular complexity index is 1020. The predicted molar refractivity (Wildman–Crippen MR) is 100 cm³/mol. The number of carbonyl (C=O) groups is 1. The molecule has 0 aliphatic heterocycles. The molecule has 0 aliphatic rings. The number of nitrogens with zero attached hydrogens (tertiary/aromatic N) is 2. The standard InChI is InChI=1S/C19H15N3O5/c23-18(13-26-17-8-7-14-4-1-2-5-15(14)12-17)21-20-11-3-6-16-9-10-19(27-16)22(24)25/h1-12H,13H2,(H,21,23)/b6-3-,20-11?. The molecule has 0 aliphatic carbocycles. The topological polar surface area (TPSA) is 107 Å². The number of furan rings is 1. The van der Waals surface area contributed by atoms with Gasteiger partial charge in [-0.2, -0.15) is 5.10 Å². The van der Waals surface area contributed by atoms with Gasteiger partial charge < -0.3 is 9.15 Å². The van der Waals surface area contributed by atoms with E-state index in [4.69, 9.17) is 9.15 Å². The molecule has 0 saturated carbocycles. The molecule has 0 saturated heterocycles. The van der Waals surface area contributed by atoms with Gasteiger partial charge in [-0.15, -0.1) is 0 Å². The maximum atomic E-state index is 11.7. The third-order valence-corrected chi connectivity index (χ3v) is 3.49. The van der Waals surface area contributed by atoms with E-state index in [9.17, 15) is 14.9 Å². The Morgan fingerprint density at radius 3 is 2.78 bits per heavy atom. The monoisotopic (exact) mass is 365 g/mol. The minimum absolute atomic E-state index is 0.177. The van der Waals surface area contributed by atoms with E-state index in [1.807, 2.05) is 36.4 Å². The number of fused-ring (bicyclic) bond motifs is 1. The molecule has 0 radical (unpaired) electrons. The normalized spacial score (nSPS) is 11.3. The molecule has 1 N–H and O–H groups in total. The molecule has 0 bridgehead atoms. The molecule has 1 aromatic heterocycles. The summed E-state index contributed by atoms with van der Waals surface area (Å²) in [7, 11) is 0. The summed E-state index contributed by atoms with van der Waals surface area (Å²) >= 11 is 0. The number of hydrazone groups is 1. The number of amides is 1. The van der Waals surface area contributed by atoms with Gasteiger partial charge in [-0.05, 0) is 41.1 Å². The van der Waals surface area contributed by atoms with Gasteiger partial charge in [-0.1, -0.05) is 30.3 Å². The van der Waals surface area contributed by atoms with Gasteiger partial charge in [0, 0.05) is 6.21 Å². The predicted octanol–water partition coefficient (Wildman–Crippen LogP) is 3.54. The third kappa shape index (κ3) is 5.02. The van der Waals surface area contributed by atoms with Crippen LogP contribution in [0.1, 0.15) is 5.76 Å². The summed E-state index contributed by atoms with van der Waals surface area (Å²) in [5, 5.41) is 16.3. The smallest absolute Gasteiger partial charge is 0.433 e. The van der Waals surface area contributed by atoms with Crippen LogP contribution in [-0.4, -0.2) is 23.7 Å². The van der Waals surface area contributed by atoms with Crippen molar-refractivity contribution >= 4 is 34.9 Å². The largest absolute Gasteiger partial charge is 0.484 e. The van der Waals surface area contributed by atoms with Crippen LogP contribution in [0.3, 0.4) is 0 Å². The average molecular weight is 365 g/mol. The van der Waals surface area contributed by atoms with E-state index in [1.165, 1.54) is 30.5 Å². The maximum Gasteiger partial charge on any atom is 0.433 e. The lowest BCUT2D eigenvalue weighted by atomic mass is 10.1. The summed E-state index contributed by atoms with van der Waals surface area (Å²) in [5.41, 5.74) is 2.32. The van der Waals surface area contributed by atoms with Crippen LogP contribution in [-0.2, 0) is 4.79 Å². The Morgan fingerprint density at radius 2 is 2.00 bits per heavy atom. The van der Waals surface area contributed by atoms with Crippen LogP contribution in [0.5, 0.6) is 5.75 Å². The van der Waals surface area contributed by atoms with Crippen LogP contribution < -0.4 is 10.2 Å². The number of benzene rings is 2. The lowest BCUT2D eigenvalue weighted by Gasteiger charge is -2.06. The van der Waals surface area contributed by atoms with Gasteiger partial charge in [0.2, 0.25) is 0 Å². The van der Waals surface area contributed by atoms with Crippen molar-refractivity contribution in [2.75, 3.05) is 6.61 Å². The molecule has 0 unspecified atom stereocenters. The first-order valence-electron chi connectivity index (χ1n) is 7.96. The first-order valence-corrected chi connectivity index (χ1v) is 7.96. The summed E-state index contributed by atoms with van der Waals surface area (Å²) in [5.74, 6) is 0.137. The number of carbonyl (C=O) groups excluding carboxylic acids is 1. The molecule has 8 heteroatoms. The second-order valence-corrected chi connectivity index (χ2v) is 5.40. The van der Waals surface area contributed by atoms with Crippen molar-refractivity contribution in [3.05, 3.63) is 76.5 Å². The number of nitrogens with one attached hydrogen (secondary N) is 1. The van der Waals surface area contributed by atoms with Crippen LogP contribution in [0.25, 0.3) is 16.8 Å². The van der Waals surface area contributed by atoms with Crippen LogP contribution in [0.4, 0.5) is 5.88 Å². The Balaban J connectivity index is 1.45. The molecule has 3 aromatic rings. The van der Waals surface area contributed by atoms with Crippen molar-refractivity contribution in [2.45, 2.75) is 0 Å². The highest BCUT2D eigenvalue weighted by Gasteiger charge is 2.09. The zero-order valence-corrected chi connectivity index (χ0v) is 14.1. The van der Waals surface area contributed by atoms with Crippen molar-refractivity contribution in [1.29, 1.82) is 0 Å². The fraction of sp³-hybridized carbons (Fsp3) is 0.0526. The van der Waals surface area contributed by atoms with E-state index < -0.39 is 10.8 Å². The van der Waals surface area contributed by atoms with Gasteiger partial charge in [0.15, 0.2) is 6.61 Å². The van der Waals surface area contributed by atoms with Gasteiger partial charge in [-0.3, -0.25) is 14.9 Å². The second-order valence-electron chi connectivity index (χ2n) is 5.40. The first-order chi connectivity index (χ1) is 13.1. The van der Waals surface area contributed by atoms with E-state index in [0.717, 1.165) is 10.8 Å². The molecule has 0 spiro atoms. The van der Waals surface area contributed by atoms with Crippen LogP contribution in [0.15, 0.2) is 70.2 Å². The number of ether oxygens (including phenoxy) is 1. The number of nitro groups is 1. The van der Waals surface area contributed by atoms with E-state index in [-0.39, 0.29) is 12.5 Å². The van der Waals surface area contributed by atoms with Gasteiger partial charge in [0.05, 0.1) is 6.07 Å². The molecule has 1 amide bonds. The molecule has 27 heavy (non-hydrogen) atoms. The molecule has 1 heterocycles. The fourth-order valence-electron chi connectivity index (χ4n) is 2.26. The van der Waals surface area contributed by atoms with Crippen molar-refractivity contribution in [1.82, 2.24) is 5.43 Å². The van der Waals surface area contributed by atoms with Gasteiger partial charge in [0.25, 0.3) is 5.91 Å². The Labute approximate surface area is 153 Å². The zero-order valence-electron chi connectivity index (χ0n) is 14.1. The van der Waals surface area contributed by atoms with Crippen LogP contribution >= 0.6 is 0 Å². The van der Waals surface area contributed by atoms with Crippen LogP contribution in [0, 0.1) is 10.1 Å². The lowest BCUT2D eigenvalue weighted by molar-refractivity contribution is -0.402. The van der Waals surface area contributed by atoms with Gasteiger partial charge in [0.1, 0.15) is 16.4 Å². The summed E-state index contributed by atoms with van der Waals surface area (Å²) < 4.78 is 10.4. The van der Waals surface area contributed by atoms with E-state index in [1.54, 1.807) is 6.07 Å². The Hall–Kier alpha value is -3.94. The Kier molecular flexibility index (Phi) is 5.58. The summed E-state index contributed by atoms with van der Waals surface area (Å²) in [6.45, 7) is -0.177. The SMILES string of the molecule is O=C(COc1ccc2ccccc2c1)NN=C/C=C\c1ccc([N+](=O)[O-])o1. The summed E-state index contributed by atoms with van der Waals surface area (Å²) in [6, 6.07) is 16.1. The first kappa shape index (κ1) is 17.9. The van der Waals surface area contributed by atoms with Crippen LogP contribution in [0.2, 0.25) is 0 Å². The van der Waals surface area contributed by atoms with Crippen molar-refractivity contribution in [2.24, 2.45) is 5.10 Å². The number of allylic oxidation sites excluding steroid dienone is 1. The molecule has 136 valence electrons. The molecule has 0 atom stereocenters. The second kappa shape index (κ2) is 8.43. The summed E-state index contributed by atoms with van der Waals surface area (Å²) in [4.78, 5) is 21.6. The average Bonchev–Trinajstić information content (AvgIpc) is 3.15. The maximum absolute atomic E-state index is 11.7. The van der Waals surface area contributed by atoms with E-state index in [2.05, 4.69) is 10.5 Å².